The number of fused-ring (bicyclic) bond motifs is 1. The third kappa shape index (κ3) is 2.37. The molecule has 1 aliphatic rings. The Bertz CT molecular complexity index is 639. The third-order valence-corrected chi connectivity index (χ3v) is 3.62. The first-order valence-corrected chi connectivity index (χ1v) is 6.62. The summed E-state index contributed by atoms with van der Waals surface area (Å²) in [7, 11) is 1.81. The standard InChI is InChI=1S/C13H17N5O2/c1-18-11-4-8(5-15-9(11)7-16-18)13(20)17-10-6-14-3-2-12(10)19/h4-5,7,10,12,14,19H,2-3,6H2,1H3,(H,17,20)/t10-,12-/m1/s1. The number of aromatic nitrogens is 3. The van der Waals surface area contributed by atoms with Crippen molar-refractivity contribution in [1.82, 2.24) is 25.4 Å². The molecule has 1 aliphatic heterocycles. The highest BCUT2D eigenvalue weighted by molar-refractivity contribution is 5.96. The zero-order valence-electron chi connectivity index (χ0n) is 11.2. The van der Waals surface area contributed by atoms with Crippen LogP contribution >= 0.6 is 0 Å². The number of piperidine rings is 1. The van der Waals surface area contributed by atoms with Gasteiger partial charge in [-0.1, -0.05) is 0 Å². The normalized spacial score (nSPS) is 22.9. The van der Waals surface area contributed by atoms with Crippen LogP contribution in [-0.4, -0.2) is 51.0 Å². The highest BCUT2D eigenvalue weighted by atomic mass is 16.3. The lowest BCUT2D eigenvalue weighted by molar-refractivity contribution is 0.0754. The Hall–Kier alpha value is -1.99. The number of nitrogens with one attached hydrogen (secondary N) is 2. The molecule has 1 amide bonds. The fourth-order valence-electron chi connectivity index (χ4n) is 2.39. The average Bonchev–Trinajstić information content (AvgIpc) is 2.82. The van der Waals surface area contributed by atoms with Gasteiger partial charge in [0.15, 0.2) is 0 Å². The van der Waals surface area contributed by atoms with Crippen LogP contribution in [0.5, 0.6) is 0 Å². The van der Waals surface area contributed by atoms with E-state index < -0.39 is 6.10 Å². The van der Waals surface area contributed by atoms with Gasteiger partial charge < -0.3 is 15.7 Å². The number of carbonyl (C=O) groups is 1. The summed E-state index contributed by atoms with van der Waals surface area (Å²) in [6.07, 6.45) is 3.33. The Balaban J connectivity index is 1.79. The van der Waals surface area contributed by atoms with E-state index in [2.05, 4.69) is 20.7 Å². The summed E-state index contributed by atoms with van der Waals surface area (Å²) in [5.74, 6) is -0.228. The lowest BCUT2D eigenvalue weighted by Gasteiger charge is -2.29. The quantitative estimate of drug-likeness (QED) is 0.682. The average molecular weight is 275 g/mol. The van der Waals surface area contributed by atoms with Crippen molar-refractivity contribution in [3.8, 4) is 0 Å². The Kier molecular flexibility index (Phi) is 3.37. The molecule has 3 rings (SSSR count). The van der Waals surface area contributed by atoms with E-state index in [0.717, 1.165) is 17.6 Å². The predicted molar refractivity (Wildman–Crippen MR) is 73.3 cm³/mol. The Morgan fingerprint density at radius 1 is 1.55 bits per heavy atom. The first kappa shape index (κ1) is 13.0. The number of rotatable bonds is 2. The van der Waals surface area contributed by atoms with Crippen molar-refractivity contribution in [1.29, 1.82) is 0 Å². The maximum Gasteiger partial charge on any atom is 0.253 e. The minimum absolute atomic E-state index is 0.228. The number of amides is 1. The molecular weight excluding hydrogens is 258 g/mol. The molecule has 0 aromatic carbocycles. The summed E-state index contributed by atoms with van der Waals surface area (Å²) < 4.78 is 1.68. The summed E-state index contributed by atoms with van der Waals surface area (Å²) in [5, 5.41) is 20.0. The van der Waals surface area contributed by atoms with Gasteiger partial charge in [0.25, 0.3) is 5.91 Å². The Labute approximate surface area is 116 Å². The minimum Gasteiger partial charge on any atom is -0.391 e. The molecule has 1 saturated heterocycles. The van der Waals surface area contributed by atoms with Gasteiger partial charge in [-0.15, -0.1) is 0 Å². The maximum absolute atomic E-state index is 12.2. The molecular formula is C13H17N5O2. The van der Waals surface area contributed by atoms with E-state index in [-0.39, 0.29) is 11.9 Å². The lowest BCUT2D eigenvalue weighted by Crippen LogP contribution is -2.53. The summed E-state index contributed by atoms with van der Waals surface area (Å²) >= 11 is 0. The van der Waals surface area contributed by atoms with Crippen LogP contribution in [0, 0.1) is 0 Å². The molecule has 20 heavy (non-hydrogen) atoms. The SMILES string of the molecule is Cn1ncc2ncc(C(=O)N[C@@H]3CNCC[C@H]3O)cc21. The number of pyridine rings is 1. The Morgan fingerprint density at radius 2 is 2.40 bits per heavy atom. The van der Waals surface area contributed by atoms with E-state index in [9.17, 15) is 9.90 Å². The van der Waals surface area contributed by atoms with Gasteiger partial charge in [0.2, 0.25) is 0 Å². The van der Waals surface area contributed by atoms with Crippen molar-refractivity contribution in [2.24, 2.45) is 7.05 Å². The molecule has 3 heterocycles. The molecule has 2 aromatic heterocycles. The van der Waals surface area contributed by atoms with E-state index in [1.54, 1.807) is 24.0 Å². The zero-order valence-corrected chi connectivity index (χ0v) is 11.2. The summed E-state index contributed by atoms with van der Waals surface area (Å²) in [6, 6.07) is 1.49. The number of aryl methyl sites for hydroxylation is 1. The molecule has 7 nitrogen and oxygen atoms in total. The van der Waals surface area contributed by atoms with Crippen molar-refractivity contribution in [2.45, 2.75) is 18.6 Å². The van der Waals surface area contributed by atoms with Gasteiger partial charge >= 0.3 is 0 Å². The van der Waals surface area contributed by atoms with Crippen molar-refractivity contribution in [3.05, 3.63) is 24.0 Å². The largest absolute Gasteiger partial charge is 0.391 e. The van der Waals surface area contributed by atoms with Crippen molar-refractivity contribution >= 4 is 16.9 Å². The molecule has 2 aromatic rings. The lowest BCUT2D eigenvalue weighted by atomic mass is 10.0. The van der Waals surface area contributed by atoms with E-state index >= 15 is 0 Å². The molecule has 0 saturated carbocycles. The van der Waals surface area contributed by atoms with Gasteiger partial charge in [-0.2, -0.15) is 5.10 Å². The molecule has 0 spiro atoms. The topological polar surface area (TPSA) is 92.1 Å². The van der Waals surface area contributed by atoms with Crippen LogP contribution in [0.1, 0.15) is 16.8 Å². The second kappa shape index (κ2) is 5.18. The molecule has 0 unspecified atom stereocenters. The summed E-state index contributed by atoms with van der Waals surface area (Å²) in [4.78, 5) is 16.4. The number of aliphatic hydroxyl groups excluding tert-OH is 1. The molecule has 2 atom stereocenters. The van der Waals surface area contributed by atoms with Crippen LogP contribution in [0.3, 0.4) is 0 Å². The molecule has 7 heteroatoms. The van der Waals surface area contributed by atoms with E-state index in [4.69, 9.17) is 0 Å². The molecule has 3 N–H and O–H groups in total. The predicted octanol–water partition coefficient (Wildman–Crippen LogP) is -0.579. The van der Waals surface area contributed by atoms with Gasteiger partial charge in [0.1, 0.15) is 5.52 Å². The second-order valence-electron chi connectivity index (χ2n) is 5.04. The first-order chi connectivity index (χ1) is 9.65. The molecule has 106 valence electrons. The molecule has 1 fully saturated rings. The Morgan fingerprint density at radius 3 is 3.20 bits per heavy atom. The fraction of sp³-hybridized carbons (Fsp3) is 0.462. The van der Waals surface area contributed by atoms with Crippen LogP contribution in [-0.2, 0) is 7.05 Å². The van der Waals surface area contributed by atoms with E-state index in [1.165, 1.54) is 6.20 Å². The molecule has 0 bridgehead atoms. The van der Waals surface area contributed by atoms with Crippen LogP contribution < -0.4 is 10.6 Å². The van der Waals surface area contributed by atoms with Crippen LogP contribution in [0.2, 0.25) is 0 Å². The number of hydrogen-bond donors (Lipinski definition) is 3. The third-order valence-electron chi connectivity index (χ3n) is 3.62. The van der Waals surface area contributed by atoms with Gasteiger partial charge in [0, 0.05) is 19.8 Å². The molecule has 0 aliphatic carbocycles. The number of nitrogens with zero attached hydrogens (tertiary/aromatic N) is 3. The highest BCUT2D eigenvalue weighted by Crippen LogP contribution is 2.12. The maximum atomic E-state index is 12.2. The summed E-state index contributed by atoms with van der Waals surface area (Å²) in [5.41, 5.74) is 2.03. The van der Waals surface area contributed by atoms with E-state index in [0.29, 0.717) is 18.5 Å². The van der Waals surface area contributed by atoms with Crippen LogP contribution in [0.15, 0.2) is 18.5 Å². The fourth-order valence-corrected chi connectivity index (χ4v) is 2.39. The van der Waals surface area contributed by atoms with Crippen LogP contribution in [0.25, 0.3) is 11.0 Å². The van der Waals surface area contributed by atoms with Gasteiger partial charge in [-0.3, -0.25) is 14.5 Å². The number of aliphatic hydroxyl groups is 1. The first-order valence-electron chi connectivity index (χ1n) is 6.62. The number of carbonyl (C=O) groups excluding carboxylic acids is 1. The second-order valence-corrected chi connectivity index (χ2v) is 5.04. The monoisotopic (exact) mass is 275 g/mol. The van der Waals surface area contributed by atoms with Crippen molar-refractivity contribution < 1.29 is 9.90 Å². The van der Waals surface area contributed by atoms with Crippen molar-refractivity contribution in [2.75, 3.05) is 13.1 Å². The van der Waals surface area contributed by atoms with E-state index in [1.807, 2.05) is 0 Å². The number of hydrogen-bond acceptors (Lipinski definition) is 5. The summed E-state index contributed by atoms with van der Waals surface area (Å²) in [6.45, 7) is 1.35. The zero-order chi connectivity index (χ0) is 14.1. The van der Waals surface area contributed by atoms with Gasteiger partial charge in [0.05, 0.1) is 29.4 Å². The van der Waals surface area contributed by atoms with Crippen LogP contribution in [0.4, 0.5) is 0 Å². The van der Waals surface area contributed by atoms with Crippen molar-refractivity contribution in [3.63, 3.8) is 0 Å². The highest BCUT2D eigenvalue weighted by Gasteiger charge is 2.24. The van der Waals surface area contributed by atoms with Gasteiger partial charge in [-0.25, -0.2) is 0 Å². The smallest absolute Gasteiger partial charge is 0.253 e. The van der Waals surface area contributed by atoms with Gasteiger partial charge in [-0.05, 0) is 19.0 Å². The minimum atomic E-state index is -0.506. The molecule has 0 radical (unpaired) electrons.